The molecule has 0 saturated carbocycles. The molecule has 0 aromatic heterocycles. The molecule has 1 aliphatic heterocycles. The quantitative estimate of drug-likeness (QED) is 0.0841. The lowest BCUT2D eigenvalue weighted by Gasteiger charge is -2.26. The minimum absolute atomic E-state index is 0.0458. The van der Waals surface area contributed by atoms with Crippen LogP contribution in [0.5, 0.6) is 0 Å². The number of carboxylic acids is 1. The molecule has 53 heavy (non-hydrogen) atoms. The Hall–Kier alpha value is -5.72. The van der Waals surface area contributed by atoms with Gasteiger partial charge in [0, 0.05) is 120 Å². The monoisotopic (exact) mass is 726 g/mol. The smallest absolute Gasteiger partial charge is 0.219 e. The third-order valence-corrected chi connectivity index (χ3v) is 9.28. The summed E-state index contributed by atoms with van der Waals surface area (Å²) in [6.07, 6.45) is 3.76. The van der Waals surface area contributed by atoms with Crippen LogP contribution in [0.25, 0.3) is 33.4 Å². The van der Waals surface area contributed by atoms with Crippen molar-refractivity contribution in [2.24, 2.45) is 0 Å². The second-order valence-corrected chi connectivity index (χ2v) is 12.8. The van der Waals surface area contributed by atoms with E-state index in [1.807, 2.05) is 36.4 Å². The highest BCUT2D eigenvalue weighted by molar-refractivity contribution is 6.07. The van der Waals surface area contributed by atoms with Gasteiger partial charge in [0.25, 0.3) is 0 Å². The number of amides is 4. The lowest BCUT2D eigenvalue weighted by atomic mass is 9.90. The van der Waals surface area contributed by atoms with Crippen molar-refractivity contribution in [3.05, 3.63) is 71.6 Å². The average Bonchev–Trinajstić information content (AvgIpc) is 3.17. The fraction of sp³-hybridized carbons (Fsp3) is 0.400. The SMILES string of the molecule is CNC(=O)CCCN(CCCC(=O)NC)c1ccc2c(-c3ccccc3C(=O)[O-])c3ccc(=[N+](CCCC(=O)NC)CCCC(=O)NC)cc-3oc2c1. The molecule has 4 amide bonds. The van der Waals surface area contributed by atoms with Gasteiger partial charge >= 0.3 is 0 Å². The van der Waals surface area contributed by atoms with E-state index in [0.29, 0.717) is 111 Å². The summed E-state index contributed by atoms with van der Waals surface area (Å²) in [5.41, 5.74) is 3.25. The molecule has 282 valence electrons. The minimum Gasteiger partial charge on any atom is -0.545 e. The molecule has 0 radical (unpaired) electrons. The number of nitrogens with one attached hydrogen (secondary N) is 4. The van der Waals surface area contributed by atoms with Crippen molar-refractivity contribution in [3.63, 3.8) is 0 Å². The van der Waals surface area contributed by atoms with E-state index in [4.69, 9.17) is 4.42 Å². The standard InChI is InChI=1S/C40H50N6O7/c1-41-35(47)13-7-21-45(22-8-14-36(48)42-2)27-17-19-31-33(25-27)53-34-26-28(46(23-9-15-37(49)43-3)24-10-16-38(50)44-4)18-20-32(34)39(31)29-11-5-6-12-30(29)40(51)52/h5-6,11-12,17-20,25-26H,7-10,13-16,21-24H2,1-4H3,(H4-,41,42,43,44,47,48,49,50,51,52). The summed E-state index contributed by atoms with van der Waals surface area (Å²) >= 11 is 0. The number of hydrogen-bond donors (Lipinski definition) is 4. The number of carbonyl (C=O) groups excluding carboxylic acids is 5. The van der Waals surface area contributed by atoms with Crippen LogP contribution in [0.4, 0.5) is 5.69 Å². The van der Waals surface area contributed by atoms with Crippen LogP contribution in [-0.2, 0) is 19.2 Å². The van der Waals surface area contributed by atoms with E-state index >= 15 is 0 Å². The number of aromatic carboxylic acids is 1. The lowest BCUT2D eigenvalue weighted by Crippen LogP contribution is -2.33. The third kappa shape index (κ3) is 10.9. The fourth-order valence-corrected chi connectivity index (χ4v) is 6.39. The Morgan fingerprint density at radius 2 is 1.21 bits per heavy atom. The normalized spacial score (nSPS) is 10.9. The van der Waals surface area contributed by atoms with E-state index in [-0.39, 0.29) is 29.2 Å². The minimum atomic E-state index is -1.30. The van der Waals surface area contributed by atoms with Gasteiger partial charge in [-0.1, -0.05) is 24.3 Å². The van der Waals surface area contributed by atoms with Gasteiger partial charge in [-0.05, 0) is 36.6 Å². The molecule has 2 aromatic carbocycles. The van der Waals surface area contributed by atoms with Crippen LogP contribution in [-0.4, -0.2) is 84.0 Å². The second-order valence-electron chi connectivity index (χ2n) is 12.8. The molecule has 0 spiro atoms. The third-order valence-electron chi connectivity index (χ3n) is 9.28. The highest BCUT2D eigenvalue weighted by Gasteiger charge is 2.22. The van der Waals surface area contributed by atoms with Gasteiger partial charge in [0.15, 0.2) is 0 Å². The van der Waals surface area contributed by atoms with Gasteiger partial charge in [0.1, 0.15) is 24.4 Å². The van der Waals surface area contributed by atoms with Gasteiger partial charge < -0.3 is 40.5 Å². The highest BCUT2D eigenvalue weighted by Crippen LogP contribution is 2.42. The van der Waals surface area contributed by atoms with Crippen LogP contribution >= 0.6 is 0 Å². The Bertz CT molecular complexity index is 1920. The molecule has 13 nitrogen and oxygen atoms in total. The molecular formula is C40H50N6O7. The number of fused-ring (bicyclic) bond motifs is 2. The molecule has 4 rings (SSSR count). The zero-order valence-electron chi connectivity index (χ0n) is 31.0. The summed E-state index contributed by atoms with van der Waals surface area (Å²) in [4.78, 5) is 62.6. The maximum Gasteiger partial charge on any atom is 0.219 e. The maximum atomic E-state index is 12.4. The largest absolute Gasteiger partial charge is 0.545 e. The Morgan fingerprint density at radius 3 is 1.75 bits per heavy atom. The van der Waals surface area contributed by atoms with Gasteiger partial charge in [0.2, 0.25) is 29.0 Å². The average molecular weight is 727 g/mol. The van der Waals surface area contributed by atoms with E-state index in [2.05, 4.69) is 30.7 Å². The molecule has 2 aromatic rings. The first-order valence-electron chi connectivity index (χ1n) is 18.1. The van der Waals surface area contributed by atoms with E-state index in [1.54, 1.807) is 46.4 Å². The molecule has 0 bridgehead atoms. The molecule has 4 N–H and O–H groups in total. The molecule has 13 heteroatoms. The summed E-state index contributed by atoms with van der Waals surface area (Å²) in [6, 6.07) is 18.3. The summed E-state index contributed by atoms with van der Waals surface area (Å²) in [6.45, 7) is 2.25. The number of nitrogens with zero attached hydrogens (tertiary/aromatic N) is 2. The Morgan fingerprint density at radius 1 is 0.660 bits per heavy atom. The predicted octanol–water partition coefficient (Wildman–Crippen LogP) is 2.25. The van der Waals surface area contributed by atoms with E-state index in [0.717, 1.165) is 11.0 Å². The van der Waals surface area contributed by atoms with Crippen LogP contribution in [0.3, 0.4) is 0 Å². The summed E-state index contributed by atoms with van der Waals surface area (Å²) in [5.74, 6) is -1.01. The van der Waals surface area contributed by atoms with Crippen molar-refractivity contribution >= 4 is 46.3 Å². The number of carbonyl (C=O) groups is 5. The van der Waals surface area contributed by atoms with E-state index < -0.39 is 5.97 Å². The molecule has 0 unspecified atom stereocenters. The Labute approximate surface area is 309 Å². The number of rotatable bonds is 19. The first kappa shape index (κ1) is 40.1. The molecular weight excluding hydrogens is 676 g/mol. The van der Waals surface area contributed by atoms with Gasteiger partial charge in [-0.2, -0.15) is 0 Å². The van der Waals surface area contributed by atoms with E-state index in [1.165, 1.54) is 6.07 Å². The van der Waals surface area contributed by atoms with Crippen LogP contribution in [0.2, 0.25) is 0 Å². The number of anilines is 1. The van der Waals surface area contributed by atoms with Crippen molar-refractivity contribution in [2.45, 2.75) is 51.4 Å². The van der Waals surface area contributed by atoms with Gasteiger partial charge in [-0.3, -0.25) is 19.2 Å². The summed E-state index contributed by atoms with van der Waals surface area (Å²) in [5, 5.41) is 24.5. The maximum absolute atomic E-state index is 12.4. The fourth-order valence-electron chi connectivity index (χ4n) is 6.39. The number of carboxylic acid groups (broad SMARTS) is 1. The first-order valence-corrected chi connectivity index (χ1v) is 18.1. The van der Waals surface area contributed by atoms with E-state index in [9.17, 15) is 29.1 Å². The van der Waals surface area contributed by atoms with Crippen LogP contribution in [0.1, 0.15) is 61.7 Å². The molecule has 1 heterocycles. The zero-order valence-corrected chi connectivity index (χ0v) is 31.0. The van der Waals surface area contributed by atoms with Crippen LogP contribution in [0, 0.1) is 0 Å². The lowest BCUT2D eigenvalue weighted by molar-refractivity contribution is -0.255. The van der Waals surface area contributed by atoms with Gasteiger partial charge in [0.05, 0.1) is 12.0 Å². The van der Waals surface area contributed by atoms with Gasteiger partial charge in [-0.15, -0.1) is 0 Å². The molecule has 1 aliphatic carbocycles. The first-order chi connectivity index (χ1) is 25.6. The Kier molecular flexibility index (Phi) is 14.9. The van der Waals surface area contributed by atoms with Crippen molar-refractivity contribution in [1.82, 2.24) is 25.8 Å². The van der Waals surface area contributed by atoms with Crippen LogP contribution in [0.15, 0.2) is 65.1 Å². The summed E-state index contributed by atoms with van der Waals surface area (Å²) < 4.78 is 8.78. The number of benzene rings is 3. The molecule has 0 saturated heterocycles. The van der Waals surface area contributed by atoms with Crippen molar-refractivity contribution in [3.8, 4) is 22.5 Å². The predicted molar refractivity (Wildman–Crippen MR) is 203 cm³/mol. The van der Waals surface area contributed by atoms with Gasteiger partial charge in [-0.25, -0.2) is 4.58 Å². The molecule has 2 aliphatic rings. The number of hydrogen-bond acceptors (Lipinski definition) is 8. The van der Waals surface area contributed by atoms with Crippen LogP contribution < -0.4 is 41.2 Å². The van der Waals surface area contributed by atoms with Crippen molar-refractivity contribution in [2.75, 3.05) is 59.3 Å². The zero-order chi connectivity index (χ0) is 38.3. The molecule has 0 atom stereocenters. The highest BCUT2D eigenvalue weighted by atomic mass is 16.4. The topological polar surface area (TPSA) is 176 Å². The van der Waals surface area contributed by atoms with Crippen molar-refractivity contribution < 1.29 is 33.5 Å². The second kappa shape index (κ2) is 19.8. The summed E-state index contributed by atoms with van der Waals surface area (Å²) in [7, 11) is 6.43. The van der Waals surface area contributed by atoms with Crippen molar-refractivity contribution in [1.29, 1.82) is 0 Å². The molecule has 0 fully saturated rings. The Balaban J connectivity index is 1.91.